The molecule has 180 valence electrons. The Morgan fingerprint density at radius 1 is 1.25 bits per heavy atom. The Morgan fingerprint density at radius 3 is 2.78 bits per heavy atom. The predicted molar refractivity (Wildman–Crippen MR) is 124 cm³/mol. The minimum atomic E-state index is -0.392. The number of nitrogens with one attached hydrogen (secondary N) is 1. The van der Waals surface area contributed by atoms with Crippen molar-refractivity contribution in [1.29, 1.82) is 0 Å². The van der Waals surface area contributed by atoms with Gasteiger partial charge in [-0.05, 0) is 56.3 Å². The van der Waals surface area contributed by atoms with E-state index in [-0.39, 0.29) is 30.3 Å². The highest BCUT2D eigenvalue weighted by molar-refractivity contribution is 5.76. The second-order valence-electron chi connectivity index (χ2n) is 9.96. The molecule has 6 nitrogen and oxygen atoms in total. The van der Waals surface area contributed by atoms with Crippen molar-refractivity contribution in [2.24, 2.45) is 23.7 Å². The Kier molecular flexibility index (Phi) is 9.79. The van der Waals surface area contributed by atoms with Crippen molar-refractivity contribution in [2.75, 3.05) is 13.7 Å². The van der Waals surface area contributed by atoms with Crippen LogP contribution in [0.1, 0.15) is 77.0 Å². The number of esters is 1. The number of carbonyl (C=O) groups is 2. The van der Waals surface area contributed by atoms with Gasteiger partial charge in [-0.3, -0.25) is 9.59 Å². The lowest BCUT2D eigenvalue weighted by molar-refractivity contribution is -0.140. The van der Waals surface area contributed by atoms with E-state index in [0.717, 1.165) is 38.5 Å². The van der Waals surface area contributed by atoms with E-state index in [1.54, 1.807) is 0 Å². The number of methoxy groups -OCH3 is 1. The lowest BCUT2D eigenvalue weighted by atomic mass is 9.88. The van der Waals surface area contributed by atoms with Gasteiger partial charge in [0.15, 0.2) is 0 Å². The van der Waals surface area contributed by atoms with Crippen LogP contribution in [0, 0.1) is 23.7 Å². The standard InChI is InChI=1S/C26H41NO5/c1-32-26(31)12-13-27-25(30)9-5-4-8-19-14-20-17-24(29)22(23(20)16-19)11-10-21(28)15-18-6-2-3-7-18/h10-11,14,18,20-24,28-29H,2-9,12-13,15-17H2,1H3,(H,27,30)/b11-10+/t20-,21+,22+,23-,24+/m0/s1. The molecule has 0 saturated heterocycles. The fourth-order valence-corrected chi connectivity index (χ4v) is 5.85. The summed E-state index contributed by atoms with van der Waals surface area (Å²) in [7, 11) is 1.34. The van der Waals surface area contributed by atoms with E-state index in [1.165, 1.54) is 38.4 Å². The third-order valence-electron chi connectivity index (χ3n) is 7.59. The molecule has 0 aromatic rings. The summed E-state index contributed by atoms with van der Waals surface area (Å²) in [6.45, 7) is 0.326. The fraction of sp³-hybridized carbons (Fsp3) is 0.769. The van der Waals surface area contributed by atoms with Gasteiger partial charge in [0, 0.05) is 18.9 Å². The Labute approximate surface area is 192 Å². The third-order valence-corrected chi connectivity index (χ3v) is 7.59. The quantitative estimate of drug-likeness (QED) is 0.241. The van der Waals surface area contributed by atoms with Crippen molar-refractivity contribution >= 4 is 11.9 Å². The smallest absolute Gasteiger partial charge is 0.307 e. The van der Waals surface area contributed by atoms with Gasteiger partial charge in [-0.2, -0.15) is 0 Å². The number of ether oxygens (including phenoxy) is 1. The first-order valence-corrected chi connectivity index (χ1v) is 12.5. The van der Waals surface area contributed by atoms with Crippen molar-refractivity contribution in [3.05, 3.63) is 23.8 Å². The molecule has 32 heavy (non-hydrogen) atoms. The average Bonchev–Trinajstić information content (AvgIpc) is 3.47. The van der Waals surface area contributed by atoms with E-state index in [0.29, 0.717) is 30.7 Å². The molecule has 3 aliphatic rings. The maximum atomic E-state index is 11.8. The summed E-state index contributed by atoms with van der Waals surface area (Å²) >= 11 is 0. The number of amides is 1. The van der Waals surface area contributed by atoms with Crippen LogP contribution in [0.25, 0.3) is 0 Å². The Hall–Kier alpha value is -1.66. The first-order chi connectivity index (χ1) is 15.5. The Bertz CT molecular complexity index is 682. The first-order valence-electron chi connectivity index (χ1n) is 12.5. The van der Waals surface area contributed by atoms with E-state index in [9.17, 15) is 19.8 Å². The zero-order chi connectivity index (χ0) is 22.9. The van der Waals surface area contributed by atoms with Gasteiger partial charge in [0.2, 0.25) is 5.91 Å². The summed E-state index contributed by atoms with van der Waals surface area (Å²) in [5.41, 5.74) is 1.45. The second-order valence-corrected chi connectivity index (χ2v) is 9.96. The largest absolute Gasteiger partial charge is 0.469 e. The van der Waals surface area contributed by atoms with Crippen LogP contribution in [0.5, 0.6) is 0 Å². The molecular formula is C26H41NO5. The lowest BCUT2D eigenvalue weighted by Crippen LogP contribution is -2.25. The van der Waals surface area contributed by atoms with Crippen molar-refractivity contribution in [3.8, 4) is 0 Å². The maximum Gasteiger partial charge on any atom is 0.307 e. The molecule has 0 radical (unpaired) electrons. The summed E-state index contributed by atoms with van der Waals surface area (Å²) in [6.07, 6.45) is 16.9. The summed E-state index contributed by atoms with van der Waals surface area (Å²) in [6, 6.07) is 0. The van der Waals surface area contributed by atoms with Gasteiger partial charge < -0.3 is 20.3 Å². The van der Waals surface area contributed by atoms with Crippen LogP contribution in [0.4, 0.5) is 0 Å². The van der Waals surface area contributed by atoms with Crippen molar-refractivity contribution in [2.45, 2.75) is 89.3 Å². The fourth-order valence-electron chi connectivity index (χ4n) is 5.85. The van der Waals surface area contributed by atoms with E-state index in [2.05, 4.69) is 22.2 Å². The molecule has 2 fully saturated rings. The second kappa shape index (κ2) is 12.5. The topological polar surface area (TPSA) is 95.9 Å². The van der Waals surface area contributed by atoms with Gasteiger partial charge in [0.1, 0.15) is 0 Å². The van der Waals surface area contributed by atoms with E-state index in [4.69, 9.17) is 0 Å². The number of aliphatic hydroxyl groups excluding tert-OH is 2. The number of unbranched alkanes of at least 4 members (excludes halogenated alkanes) is 1. The molecule has 3 N–H and O–H groups in total. The zero-order valence-electron chi connectivity index (χ0n) is 19.5. The summed E-state index contributed by atoms with van der Waals surface area (Å²) in [5, 5.41) is 23.7. The van der Waals surface area contributed by atoms with Crippen LogP contribution in [0.3, 0.4) is 0 Å². The van der Waals surface area contributed by atoms with E-state index < -0.39 is 6.10 Å². The predicted octanol–water partition coefficient (Wildman–Crippen LogP) is 3.67. The minimum absolute atomic E-state index is 0.0179. The Morgan fingerprint density at radius 2 is 2.03 bits per heavy atom. The highest BCUT2D eigenvalue weighted by atomic mass is 16.5. The number of hydrogen-bond donors (Lipinski definition) is 3. The number of allylic oxidation sites excluding steroid dienone is 2. The van der Waals surface area contributed by atoms with Gasteiger partial charge in [0.05, 0.1) is 25.7 Å². The molecule has 6 heteroatoms. The molecule has 1 amide bonds. The van der Waals surface area contributed by atoms with Crippen LogP contribution in [0.2, 0.25) is 0 Å². The average molecular weight is 448 g/mol. The molecule has 3 aliphatic carbocycles. The number of rotatable bonds is 12. The summed E-state index contributed by atoms with van der Waals surface area (Å²) < 4.78 is 4.56. The molecule has 5 atom stereocenters. The zero-order valence-corrected chi connectivity index (χ0v) is 19.5. The van der Waals surface area contributed by atoms with Crippen molar-refractivity contribution in [3.63, 3.8) is 0 Å². The molecule has 0 aromatic carbocycles. The van der Waals surface area contributed by atoms with Crippen LogP contribution in [-0.2, 0) is 14.3 Å². The molecule has 0 unspecified atom stereocenters. The highest BCUT2D eigenvalue weighted by Gasteiger charge is 2.43. The van der Waals surface area contributed by atoms with Crippen molar-refractivity contribution < 1.29 is 24.5 Å². The monoisotopic (exact) mass is 447 g/mol. The first kappa shape index (κ1) is 25.0. The van der Waals surface area contributed by atoms with E-state index in [1.807, 2.05) is 6.08 Å². The number of aliphatic hydroxyl groups is 2. The third kappa shape index (κ3) is 7.45. The maximum absolute atomic E-state index is 11.8. The van der Waals surface area contributed by atoms with Gasteiger partial charge >= 0.3 is 5.97 Å². The molecular weight excluding hydrogens is 406 g/mol. The van der Waals surface area contributed by atoms with Crippen LogP contribution in [0.15, 0.2) is 23.8 Å². The van der Waals surface area contributed by atoms with Crippen LogP contribution < -0.4 is 5.32 Å². The summed E-state index contributed by atoms with van der Waals surface area (Å²) in [4.78, 5) is 22.9. The van der Waals surface area contributed by atoms with Crippen LogP contribution in [-0.4, -0.2) is 48.0 Å². The molecule has 0 aliphatic heterocycles. The van der Waals surface area contributed by atoms with E-state index >= 15 is 0 Å². The highest BCUT2D eigenvalue weighted by Crippen LogP contribution is 2.48. The lowest BCUT2D eigenvalue weighted by Gasteiger charge is -2.19. The molecule has 0 bridgehead atoms. The minimum Gasteiger partial charge on any atom is -0.469 e. The van der Waals surface area contributed by atoms with Gasteiger partial charge in [-0.1, -0.05) is 49.5 Å². The SMILES string of the molecule is COC(=O)CCNC(=O)CCCCC1=C[C@H]2C[C@@H](O)[C@H](/C=C/[C@@H](O)CC3CCCC3)[C@H]2C1. The molecule has 0 heterocycles. The van der Waals surface area contributed by atoms with Gasteiger partial charge in [-0.15, -0.1) is 0 Å². The molecule has 0 aromatic heterocycles. The Balaban J connectivity index is 1.34. The van der Waals surface area contributed by atoms with Gasteiger partial charge in [0.25, 0.3) is 0 Å². The molecule has 2 saturated carbocycles. The van der Waals surface area contributed by atoms with Gasteiger partial charge in [-0.25, -0.2) is 0 Å². The normalized spacial score (nSPS) is 28.7. The van der Waals surface area contributed by atoms with Crippen LogP contribution >= 0.6 is 0 Å². The number of hydrogen-bond acceptors (Lipinski definition) is 5. The number of fused-ring (bicyclic) bond motifs is 1. The number of carbonyl (C=O) groups excluding carboxylic acids is 2. The summed E-state index contributed by atoms with van der Waals surface area (Å²) in [5.74, 6) is 1.33. The molecule has 0 spiro atoms. The molecule has 3 rings (SSSR count). The van der Waals surface area contributed by atoms with Crippen molar-refractivity contribution in [1.82, 2.24) is 5.32 Å².